The summed E-state index contributed by atoms with van der Waals surface area (Å²) >= 11 is 0. The summed E-state index contributed by atoms with van der Waals surface area (Å²) in [5.74, 6) is 0. The summed E-state index contributed by atoms with van der Waals surface area (Å²) in [4.78, 5) is 16.6. The Bertz CT molecular complexity index is 496. The number of nitrogens with zero attached hydrogens (tertiary/aromatic N) is 4. The van der Waals surface area contributed by atoms with Gasteiger partial charge in [-0.2, -0.15) is 5.10 Å². The maximum atomic E-state index is 12.3. The lowest BCUT2D eigenvalue weighted by Gasteiger charge is -2.20. The lowest BCUT2D eigenvalue weighted by molar-refractivity contribution is 0.187. The molecule has 21 heavy (non-hydrogen) atoms. The van der Waals surface area contributed by atoms with E-state index in [0.717, 1.165) is 25.2 Å². The molecule has 2 amide bonds. The summed E-state index contributed by atoms with van der Waals surface area (Å²) in [6.07, 6.45) is 4.34. The first-order valence-electron chi connectivity index (χ1n) is 7.71. The normalized spacial score (nSPS) is 20.1. The molecule has 2 fully saturated rings. The quantitative estimate of drug-likeness (QED) is 0.775. The molecular formula is C16H22N4O. The van der Waals surface area contributed by atoms with Crippen molar-refractivity contribution in [2.45, 2.75) is 12.8 Å². The fraction of sp³-hybridized carbons (Fsp3) is 0.500. The SMILES string of the molecule is O=C1N(CCN2CCCC2)CCN1N=Cc1ccccc1. The van der Waals surface area contributed by atoms with Crippen LogP contribution in [-0.2, 0) is 0 Å². The minimum atomic E-state index is 0.0291. The number of hydrogen-bond donors (Lipinski definition) is 0. The molecule has 3 rings (SSSR count). The minimum absolute atomic E-state index is 0.0291. The number of rotatable bonds is 5. The number of likely N-dealkylation sites (tertiary alicyclic amines) is 1. The third kappa shape index (κ3) is 3.61. The molecule has 0 radical (unpaired) electrons. The van der Waals surface area contributed by atoms with Gasteiger partial charge in [-0.05, 0) is 31.5 Å². The molecule has 0 atom stereocenters. The molecule has 5 heteroatoms. The van der Waals surface area contributed by atoms with Crippen LogP contribution in [0.4, 0.5) is 4.79 Å². The molecule has 0 spiro atoms. The van der Waals surface area contributed by atoms with Crippen LogP contribution in [0.1, 0.15) is 18.4 Å². The molecule has 5 nitrogen and oxygen atoms in total. The summed E-state index contributed by atoms with van der Waals surface area (Å²) in [5, 5.41) is 5.87. The third-order valence-corrected chi connectivity index (χ3v) is 4.10. The zero-order valence-electron chi connectivity index (χ0n) is 12.3. The van der Waals surface area contributed by atoms with Crippen LogP contribution in [0, 0.1) is 0 Å². The lowest BCUT2D eigenvalue weighted by Crippen LogP contribution is -2.36. The Hall–Kier alpha value is -1.88. The first kappa shape index (κ1) is 14.1. The van der Waals surface area contributed by atoms with Gasteiger partial charge in [0.15, 0.2) is 0 Å². The highest BCUT2D eigenvalue weighted by Crippen LogP contribution is 2.11. The van der Waals surface area contributed by atoms with E-state index in [2.05, 4.69) is 10.0 Å². The average molecular weight is 286 g/mol. The first-order chi connectivity index (χ1) is 10.3. The Morgan fingerprint density at radius 3 is 2.52 bits per heavy atom. The predicted octanol–water partition coefficient (Wildman–Crippen LogP) is 1.85. The van der Waals surface area contributed by atoms with Gasteiger partial charge in [-0.25, -0.2) is 9.80 Å². The van der Waals surface area contributed by atoms with Gasteiger partial charge in [-0.1, -0.05) is 30.3 Å². The van der Waals surface area contributed by atoms with E-state index < -0.39 is 0 Å². The summed E-state index contributed by atoms with van der Waals surface area (Å²) in [5.41, 5.74) is 1.01. The van der Waals surface area contributed by atoms with Crippen LogP contribution in [0.5, 0.6) is 0 Å². The van der Waals surface area contributed by atoms with Crippen molar-refractivity contribution in [3.8, 4) is 0 Å². The standard InChI is InChI=1S/C16H22N4O/c21-16-19(11-10-18-8-4-5-9-18)12-13-20(16)17-14-15-6-2-1-3-7-15/h1-3,6-7,14H,4-5,8-13H2. The van der Waals surface area contributed by atoms with Crippen molar-refractivity contribution in [2.24, 2.45) is 5.10 Å². The monoisotopic (exact) mass is 286 g/mol. The van der Waals surface area contributed by atoms with E-state index in [-0.39, 0.29) is 6.03 Å². The van der Waals surface area contributed by atoms with E-state index in [1.807, 2.05) is 35.2 Å². The van der Waals surface area contributed by atoms with Gasteiger partial charge in [0.2, 0.25) is 0 Å². The number of urea groups is 1. The summed E-state index contributed by atoms with van der Waals surface area (Å²) in [6, 6.07) is 9.90. The molecule has 0 N–H and O–H groups in total. The summed E-state index contributed by atoms with van der Waals surface area (Å²) in [7, 11) is 0. The summed E-state index contributed by atoms with van der Waals surface area (Å²) < 4.78 is 0. The van der Waals surface area contributed by atoms with Gasteiger partial charge in [0.1, 0.15) is 0 Å². The van der Waals surface area contributed by atoms with Crippen molar-refractivity contribution in [3.05, 3.63) is 35.9 Å². The molecule has 112 valence electrons. The van der Waals surface area contributed by atoms with Gasteiger partial charge in [-0.15, -0.1) is 0 Å². The van der Waals surface area contributed by atoms with E-state index in [4.69, 9.17) is 0 Å². The van der Waals surface area contributed by atoms with Gasteiger partial charge in [0.05, 0.1) is 12.8 Å². The van der Waals surface area contributed by atoms with Crippen molar-refractivity contribution in [2.75, 3.05) is 39.3 Å². The number of benzene rings is 1. The Balaban J connectivity index is 1.50. The number of amides is 2. The van der Waals surface area contributed by atoms with Crippen molar-refractivity contribution in [3.63, 3.8) is 0 Å². The maximum absolute atomic E-state index is 12.3. The first-order valence-corrected chi connectivity index (χ1v) is 7.71. The van der Waals surface area contributed by atoms with Crippen LogP contribution in [0.2, 0.25) is 0 Å². The fourth-order valence-electron chi connectivity index (χ4n) is 2.83. The number of carbonyl (C=O) groups excluding carboxylic acids is 1. The smallest absolute Gasteiger partial charge is 0.320 e. The van der Waals surface area contributed by atoms with Crippen LogP contribution < -0.4 is 0 Å². The molecule has 0 aliphatic carbocycles. The van der Waals surface area contributed by atoms with Crippen molar-refractivity contribution < 1.29 is 4.79 Å². The van der Waals surface area contributed by atoms with Gasteiger partial charge in [0, 0.05) is 19.6 Å². The van der Waals surface area contributed by atoms with Crippen LogP contribution in [-0.4, -0.2) is 66.3 Å². The highest BCUT2D eigenvalue weighted by Gasteiger charge is 2.28. The second-order valence-electron chi connectivity index (χ2n) is 5.60. The molecule has 1 aromatic carbocycles. The molecule has 2 aliphatic heterocycles. The Kier molecular flexibility index (Phi) is 4.50. The lowest BCUT2D eigenvalue weighted by atomic mass is 10.2. The van der Waals surface area contributed by atoms with E-state index >= 15 is 0 Å². The van der Waals surface area contributed by atoms with Crippen LogP contribution in [0.25, 0.3) is 0 Å². The van der Waals surface area contributed by atoms with E-state index in [1.165, 1.54) is 25.9 Å². The molecular weight excluding hydrogens is 264 g/mol. The van der Waals surface area contributed by atoms with Crippen molar-refractivity contribution >= 4 is 12.2 Å². The van der Waals surface area contributed by atoms with Gasteiger partial charge in [0.25, 0.3) is 0 Å². The molecule has 2 aliphatic rings. The van der Waals surface area contributed by atoms with Crippen LogP contribution >= 0.6 is 0 Å². The van der Waals surface area contributed by atoms with Gasteiger partial charge >= 0.3 is 6.03 Å². The highest BCUT2D eigenvalue weighted by molar-refractivity contribution is 5.82. The molecule has 0 aromatic heterocycles. The van der Waals surface area contributed by atoms with E-state index in [1.54, 1.807) is 11.2 Å². The highest BCUT2D eigenvalue weighted by atomic mass is 16.2. The van der Waals surface area contributed by atoms with E-state index in [9.17, 15) is 4.79 Å². The predicted molar refractivity (Wildman–Crippen MR) is 83.4 cm³/mol. The largest absolute Gasteiger partial charge is 0.340 e. The van der Waals surface area contributed by atoms with Gasteiger partial charge in [-0.3, -0.25) is 0 Å². The fourth-order valence-corrected chi connectivity index (χ4v) is 2.83. The Morgan fingerprint density at radius 1 is 1.00 bits per heavy atom. The Labute approximate surface area is 125 Å². The number of hydrazone groups is 1. The molecule has 0 bridgehead atoms. The van der Waals surface area contributed by atoms with Gasteiger partial charge < -0.3 is 9.80 Å². The third-order valence-electron chi connectivity index (χ3n) is 4.10. The second kappa shape index (κ2) is 6.72. The van der Waals surface area contributed by atoms with Crippen molar-refractivity contribution in [1.82, 2.24) is 14.8 Å². The van der Waals surface area contributed by atoms with Crippen LogP contribution in [0.15, 0.2) is 35.4 Å². The topological polar surface area (TPSA) is 39.2 Å². The number of carbonyl (C=O) groups is 1. The zero-order chi connectivity index (χ0) is 14.5. The Morgan fingerprint density at radius 2 is 1.76 bits per heavy atom. The molecule has 1 aromatic rings. The van der Waals surface area contributed by atoms with Crippen LogP contribution in [0.3, 0.4) is 0 Å². The molecule has 2 heterocycles. The summed E-state index contributed by atoms with van der Waals surface area (Å²) in [6.45, 7) is 5.62. The zero-order valence-corrected chi connectivity index (χ0v) is 12.3. The molecule has 2 saturated heterocycles. The maximum Gasteiger partial charge on any atom is 0.340 e. The van der Waals surface area contributed by atoms with Crippen molar-refractivity contribution in [1.29, 1.82) is 0 Å². The average Bonchev–Trinajstić information content (AvgIpc) is 3.15. The number of hydrogen-bond acceptors (Lipinski definition) is 3. The molecule has 0 saturated carbocycles. The molecule has 0 unspecified atom stereocenters. The second-order valence-corrected chi connectivity index (χ2v) is 5.60. The van der Waals surface area contributed by atoms with E-state index in [0.29, 0.717) is 6.54 Å². The minimum Gasteiger partial charge on any atom is -0.320 e.